The van der Waals surface area contributed by atoms with Crippen LogP contribution in [-0.4, -0.2) is 4.92 Å². The summed E-state index contributed by atoms with van der Waals surface area (Å²) in [6, 6.07) is -2.67. The molecule has 0 aromatic heterocycles. The maximum absolute atomic E-state index is 10.4. The second-order valence-electron chi connectivity index (χ2n) is 1.42. The Kier molecular flexibility index (Phi) is 0.891. The molecule has 0 fully saturated rings. The highest BCUT2D eigenvalue weighted by Crippen LogP contribution is 2.14. The van der Waals surface area contributed by atoms with Crippen LogP contribution in [0.3, 0.4) is 0 Å². The minimum absolute atomic E-state index is 0.411. The highest BCUT2D eigenvalue weighted by Gasteiger charge is 2.01. The van der Waals surface area contributed by atoms with Crippen molar-refractivity contribution in [3.63, 3.8) is 0 Å². The van der Waals surface area contributed by atoms with Gasteiger partial charge in [-0.05, 0) is 12.1 Å². The van der Waals surface area contributed by atoms with Gasteiger partial charge in [-0.3, -0.25) is 10.1 Å². The fourth-order valence-corrected chi connectivity index (χ4v) is 0.476. The van der Waals surface area contributed by atoms with Crippen LogP contribution in [0.5, 0.6) is 0 Å². The van der Waals surface area contributed by atoms with Gasteiger partial charge in [0.25, 0.3) is 5.69 Å². The van der Waals surface area contributed by atoms with Crippen molar-refractivity contribution in [1.29, 1.82) is 0 Å². The molecular weight excluding hydrogens is 154 g/mol. The maximum Gasteiger partial charge on any atom is 0.269 e. The summed E-state index contributed by atoms with van der Waals surface area (Å²) in [5.74, 6) is 0. The second-order valence-corrected chi connectivity index (χ2v) is 1.80. The average Bonchev–Trinajstić information content (AvgIpc) is 2.11. The fourth-order valence-electron chi connectivity index (χ4n) is 0.382. The number of hydrogen-bond donors (Lipinski definition) is 0. The van der Waals surface area contributed by atoms with E-state index in [2.05, 4.69) is 0 Å². The predicted molar refractivity (Wildman–Crippen MR) is 38.1 cm³/mol. The smallest absolute Gasteiger partial charge is 0.258 e. The molecule has 0 bridgehead atoms. The molecule has 0 saturated carbocycles. The fraction of sp³-hybridized carbons (Fsp3) is 0. The van der Waals surface area contributed by atoms with Crippen LogP contribution < -0.4 is 0 Å². The Morgan fingerprint density at radius 2 is 2.00 bits per heavy atom. The molecule has 4 heteroatoms. The molecule has 10 heavy (non-hydrogen) atoms. The van der Waals surface area contributed by atoms with Crippen molar-refractivity contribution in [2.75, 3.05) is 0 Å². The lowest BCUT2D eigenvalue weighted by atomic mass is 10.3. The Morgan fingerprint density at radius 3 is 2.40 bits per heavy atom. The lowest BCUT2D eigenvalue weighted by Crippen LogP contribution is -1.85. The molecule has 0 N–H and O–H groups in total. The van der Waals surface area contributed by atoms with Gasteiger partial charge in [-0.1, -0.05) is 11.6 Å². The van der Waals surface area contributed by atoms with E-state index < -0.39 is 39.8 Å². The van der Waals surface area contributed by atoms with Crippen molar-refractivity contribution in [3.05, 3.63) is 39.3 Å². The van der Waals surface area contributed by atoms with Gasteiger partial charge < -0.3 is 0 Å². The van der Waals surface area contributed by atoms with Gasteiger partial charge >= 0.3 is 0 Å². The highest BCUT2D eigenvalue weighted by atomic mass is 35.5. The van der Waals surface area contributed by atoms with Crippen molar-refractivity contribution < 1.29 is 10.4 Å². The van der Waals surface area contributed by atoms with E-state index in [9.17, 15) is 10.1 Å². The molecule has 3 nitrogen and oxygen atoms in total. The van der Waals surface area contributed by atoms with Gasteiger partial charge in [0.05, 0.1) is 10.4 Å². The lowest BCUT2D eigenvalue weighted by molar-refractivity contribution is -0.384. The zero-order valence-corrected chi connectivity index (χ0v) is 5.40. The summed E-state index contributed by atoms with van der Waals surface area (Å²) in [4.78, 5) is 9.45. The minimum Gasteiger partial charge on any atom is -0.258 e. The number of hydrogen-bond acceptors (Lipinski definition) is 2. The number of nitro groups is 1. The van der Waals surface area contributed by atoms with Crippen LogP contribution in [0.4, 0.5) is 5.69 Å². The standard InChI is InChI=1S/C6H4ClNO2/c7-5-1-3-6(4-2-5)8(9)10/h1-4H/i1D,2D,3D,4D. The molecule has 1 rings (SSSR count). The summed E-state index contributed by atoms with van der Waals surface area (Å²) >= 11 is 5.43. The van der Waals surface area contributed by atoms with E-state index in [-0.39, 0.29) is 0 Å². The number of benzene rings is 1. The molecule has 0 atom stereocenters. The molecule has 52 valence electrons. The first-order chi connectivity index (χ1) is 6.37. The first-order valence-corrected chi connectivity index (χ1v) is 2.66. The summed E-state index contributed by atoms with van der Waals surface area (Å²) in [6.45, 7) is 0. The van der Waals surface area contributed by atoms with Crippen LogP contribution in [0.2, 0.25) is 5.02 Å². The third kappa shape index (κ3) is 1.45. The van der Waals surface area contributed by atoms with Crippen LogP contribution in [0, 0.1) is 10.1 Å². The molecule has 0 radical (unpaired) electrons. The van der Waals surface area contributed by atoms with Gasteiger partial charge in [0.15, 0.2) is 0 Å². The molecule has 0 amide bonds. The molecule has 0 aliphatic carbocycles. The van der Waals surface area contributed by atoms with Crippen molar-refractivity contribution in [3.8, 4) is 0 Å². The van der Waals surface area contributed by atoms with Crippen LogP contribution in [0.15, 0.2) is 24.2 Å². The van der Waals surface area contributed by atoms with E-state index in [1.165, 1.54) is 0 Å². The SMILES string of the molecule is [2H]c1c([2H])c([N+](=O)[O-])c([2H])c([2H])c1Cl. The summed E-state index contributed by atoms with van der Waals surface area (Å²) in [5, 5.41) is 10.0. The molecular formula is C6H4ClNO2. The number of nitrogens with zero attached hydrogens (tertiary/aromatic N) is 1. The monoisotopic (exact) mass is 161 g/mol. The number of rotatable bonds is 1. The molecule has 1 aromatic carbocycles. The van der Waals surface area contributed by atoms with Crippen molar-refractivity contribution in [2.24, 2.45) is 0 Å². The average molecular weight is 162 g/mol. The Labute approximate surface area is 68.0 Å². The van der Waals surface area contributed by atoms with Gasteiger partial charge in [-0.25, -0.2) is 0 Å². The molecule has 1 aromatic rings. The lowest BCUT2D eigenvalue weighted by Gasteiger charge is -1.88. The van der Waals surface area contributed by atoms with Crippen molar-refractivity contribution >= 4 is 17.3 Å². The molecule has 0 aliphatic heterocycles. The summed E-state index contributed by atoms with van der Waals surface area (Å²) in [6.07, 6.45) is 0. The zero-order chi connectivity index (χ0) is 11.0. The van der Waals surface area contributed by atoms with E-state index in [0.29, 0.717) is 0 Å². The third-order valence-electron chi connectivity index (χ3n) is 0.764. The summed E-state index contributed by atoms with van der Waals surface area (Å²) in [7, 11) is 0. The molecule has 0 unspecified atom stereocenters. The van der Waals surface area contributed by atoms with E-state index in [1.54, 1.807) is 0 Å². The largest absolute Gasteiger partial charge is 0.269 e. The molecule has 0 saturated heterocycles. The molecule has 0 spiro atoms. The Morgan fingerprint density at radius 1 is 1.50 bits per heavy atom. The zero-order valence-electron chi connectivity index (χ0n) is 8.64. The van der Waals surface area contributed by atoms with Crippen LogP contribution in [-0.2, 0) is 0 Å². The summed E-state index contributed by atoms with van der Waals surface area (Å²) < 4.78 is 28.8. The Bertz CT molecular complexity index is 394. The Hall–Kier alpha value is -1.09. The maximum atomic E-state index is 10.4. The number of nitro benzene ring substituents is 1. The van der Waals surface area contributed by atoms with Gasteiger partial charge in [-0.2, -0.15) is 0 Å². The van der Waals surface area contributed by atoms with Gasteiger partial charge in [0.2, 0.25) is 0 Å². The van der Waals surface area contributed by atoms with Gasteiger partial charge in [0.1, 0.15) is 0 Å². The topological polar surface area (TPSA) is 43.1 Å². The first-order valence-electron chi connectivity index (χ1n) is 4.28. The van der Waals surface area contributed by atoms with Crippen LogP contribution in [0.1, 0.15) is 5.48 Å². The van der Waals surface area contributed by atoms with E-state index in [1.807, 2.05) is 0 Å². The summed E-state index contributed by atoms with van der Waals surface area (Å²) in [5.41, 5.74) is -0.857. The number of halogens is 1. The van der Waals surface area contributed by atoms with Crippen molar-refractivity contribution in [2.45, 2.75) is 0 Å². The normalized spacial score (nSPS) is 14.9. The quantitative estimate of drug-likeness (QED) is 0.468. The third-order valence-corrected chi connectivity index (χ3v) is 0.953. The van der Waals surface area contributed by atoms with Gasteiger partial charge in [0, 0.05) is 17.1 Å². The van der Waals surface area contributed by atoms with Crippen LogP contribution in [0.25, 0.3) is 0 Å². The first kappa shape index (κ1) is 3.34. The van der Waals surface area contributed by atoms with E-state index in [0.717, 1.165) is 0 Å². The Balaban J connectivity index is 3.68. The van der Waals surface area contributed by atoms with Crippen LogP contribution >= 0.6 is 11.6 Å². The van der Waals surface area contributed by atoms with E-state index >= 15 is 0 Å². The second kappa shape index (κ2) is 2.66. The molecule has 0 heterocycles. The van der Waals surface area contributed by atoms with Crippen molar-refractivity contribution in [1.82, 2.24) is 0 Å². The van der Waals surface area contributed by atoms with E-state index in [4.69, 9.17) is 17.1 Å². The predicted octanol–water partition coefficient (Wildman–Crippen LogP) is 2.25. The highest BCUT2D eigenvalue weighted by molar-refractivity contribution is 6.30. The molecule has 0 aliphatic rings. The van der Waals surface area contributed by atoms with Gasteiger partial charge in [-0.15, -0.1) is 0 Å². The minimum atomic E-state index is -0.961.